The summed E-state index contributed by atoms with van der Waals surface area (Å²) in [4.78, 5) is 13.6. The predicted octanol–water partition coefficient (Wildman–Crippen LogP) is 6.10. The number of ketones is 1. The molecule has 1 aromatic carbocycles. The summed E-state index contributed by atoms with van der Waals surface area (Å²) in [6.07, 6.45) is 11.4. The van der Waals surface area contributed by atoms with Crippen LogP contribution in [0.2, 0.25) is 0 Å². The molecule has 3 fully saturated rings. The maximum Gasteiger partial charge on any atom is 0.161 e. The fourth-order valence-corrected chi connectivity index (χ4v) is 8.60. The van der Waals surface area contributed by atoms with Gasteiger partial charge in [0.25, 0.3) is 0 Å². The number of fused-ring (bicyclic) bond motifs is 4. The first kappa shape index (κ1) is 27.6. The number of carbonyl (C=O) groups excluding carboxylic acids is 1. The summed E-state index contributed by atoms with van der Waals surface area (Å²) in [7, 11) is 1.72. The Labute approximate surface area is 224 Å². The zero-order chi connectivity index (χ0) is 27.1. The highest BCUT2D eigenvalue weighted by Gasteiger charge is 2.56. The van der Waals surface area contributed by atoms with Crippen molar-refractivity contribution in [3.8, 4) is 0 Å². The van der Waals surface area contributed by atoms with Gasteiger partial charge >= 0.3 is 0 Å². The van der Waals surface area contributed by atoms with Crippen molar-refractivity contribution in [1.29, 1.82) is 0 Å². The lowest BCUT2D eigenvalue weighted by molar-refractivity contribution is -0.130. The van der Waals surface area contributed by atoms with E-state index >= 15 is 0 Å². The monoisotopic (exact) mass is 531 g/mol. The number of Topliss-reactive ketones (excluding diaryl/α,β-unsaturated/α-hetero) is 1. The number of nitrogens with zero attached hydrogens (tertiary/aromatic N) is 3. The molecule has 8 heteroatoms. The molecular weight excluding hydrogens is 488 g/mol. The normalized spacial score (nSPS) is 32.6. The molecule has 3 aliphatic carbocycles. The Morgan fingerprint density at radius 1 is 1.18 bits per heavy atom. The molecule has 1 heterocycles. The van der Waals surface area contributed by atoms with Gasteiger partial charge in [-0.2, -0.15) is 0 Å². The maximum atomic E-state index is 13.8. The van der Waals surface area contributed by atoms with Crippen LogP contribution in [-0.4, -0.2) is 45.2 Å². The van der Waals surface area contributed by atoms with Crippen molar-refractivity contribution in [1.82, 2.24) is 15.0 Å². The van der Waals surface area contributed by atoms with Gasteiger partial charge in [-0.1, -0.05) is 18.6 Å². The number of unbranched alkanes of at least 4 members (excludes halogenated alkanes) is 1. The van der Waals surface area contributed by atoms with Crippen LogP contribution >= 0.6 is 0 Å². The Balaban J connectivity index is 1.20. The second-order valence-electron chi connectivity index (χ2n) is 13.0. The lowest BCUT2D eigenvalue weighted by Gasteiger charge is -2.52. The molecule has 38 heavy (non-hydrogen) atoms. The van der Waals surface area contributed by atoms with Gasteiger partial charge in [0.15, 0.2) is 17.4 Å². The third-order valence-corrected chi connectivity index (χ3v) is 10.4. The molecule has 6 nitrogen and oxygen atoms in total. The number of benzene rings is 1. The van der Waals surface area contributed by atoms with E-state index in [1.54, 1.807) is 7.11 Å². The number of rotatable bonds is 10. The molecule has 7 atom stereocenters. The summed E-state index contributed by atoms with van der Waals surface area (Å²) in [5, 5.41) is 19.0. The molecule has 0 amide bonds. The number of aromatic nitrogens is 3. The van der Waals surface area contributed by atoms with Crippen molar-refractivity contribution in [2.45, 2.75) is 96.6 Å². The van der Waals surface area contributed by atoms with Gasteiger partial charge in [0, 0.05) is 31.8 Å². The number of methoxy groups -OCH3 is 1. The Hall–Kier alpha value is -1.93. The fraction of sp³-hybridized carbons (Fsp3) is 0.767. The minimum Gasteiger partial charge on any atom is -0.390 e. The zero-order valence-electron chi connectivity index (χ0n) is 23.1. The van der Waals surface area contributed by atoms with Crippen molar-refractivity contribution in [2.75, 3.05) is 13.7 Å². The molecule has 1 aromatic heterocycles. The molecule has 0 radical (unpaired) electrons. The van der Waals surface area contributed by atoms with Crippen LogP contribution in [0.25, 0.3) is 11.0 Å². The molecule has 210 valence electrons. The predicted molar refractivity (Wildman–Crippen MR) is 141 cm³/mol. The Morgan fingerprint density at radius 2 is 1.97 bits per heavy atom. The fourth-order valence-electron chi connectivity index (χ4n) is 8.60. The van der Waals surface area contributed by atoms with Gasteiger partial charge < -0.3 is 9.84 Å². The third kappa shape index (κ3) is 5.40. The number of halogens is 2. The second kappa shape index (κ2) is 10.9. The topological polar surface area (TPSA) is 77.2 Å². The maximum absolute atomic E-state index is 13.8. The molecule has 3 aliphatic rings. The lowest BCUT2D eigenvalue weighted by Crippen LogP contribution is -2.46. The standard InChI is InChI=1S/C30H43F2N3O3/c1-29(37,11-4-5-13-38-3)17-19-6-7-21-20(14-19)10-12-30(2)22(21)8-9-23(30)28(36)18-35-27-16-25(32)24(31)15-26(27)33-34-35/h15-16,19-23,37H,4-14,17-18H2,1-3H3/t19-,20-,21-,22+,23-,29-,30+/m1/s1. The zero-order valence-corrected chi connectivity index (χ0v) is 23.1. The Morgan fingerprint density at radius 3 is 2.76 bits per heavy atom. The van der Waals surface area contributed by atoms with E-state index in [9.17, 15) is 18.7 Å². The van der Waals surface area contributed by atoms with Crippen LogP contribution < -0.4 is 0 Å². The molecule has 0 aliphatic heterocycles. The van der Waals surface area contributed by atoms with Crippen LogP contribution in [0.5, 0.6) is 0 Å². The number of aliphatic hydroxyl groups is 1. The summed E-state index contributed by atoms with van der Waals surface area (Å²) in [6.45, 7) is 5.11. The van der Waals surface area contributed by atoms with Crippen molar-refractivity contribution < 1.29 is 23.4 Å². The van der Waals surface area contributed by atoms with E-state index in [0.717, 1.165) is 76.5 Å². The first-order valence-corrected chi connectivity index (χ1v) is 14.5. The van der Waals surface area contributed by atoms with Crippen molar-refractivity contribution in [3.05, 3.63) is 23.8 Å². The molecule has 0 unspecified atom stereocenters. The number of carbonyl (C=O) groups is 1. The van der Waals surface area contributed by atoms with Gasteiger partial charge in [0.05, 0.1) is 11.1 Å². The summed E-state index contributed by atoms with van der Waals surface area (Å²) in [6, 6.07) is 2.11. The summed E-state index contributed by atoms with van der Waals surface area (Å²) in [5.74, 6) is 0.627. The van der Waals surface area contributed by atoms with E-state index in [4.69, 9.17) is 4.74 Å². The van der Waals surface area contributed by atoms with Crippen LogP contribution in [-0.2, 0) is 16.1 Å². The first-order chi connectivity index (χ1) is 18.1. The summed E-state index contributed by atoms with van der Waals surface area (Å²) in [5.41, 5.74) is -0.0162. The molecular formula is C30H43F2N3O3. The average molecular weight is 532 g/mol. The summed E-state index contributed by atoms with van der Waals surface area (Å²) >= 11 is 0. The quantitative estimate of drug-likeness (QED) is 0.375. The average Bonchev–Trinajstić information content (AvgIpc) is 3.42. The van der Waals surface area contributed by atoms with Crippen LogP contribution in [0.1, 0.15) is 84.5 Å². The second-order valence-corrected chi connectivity index (χ2v) is 13.0. The largest absolute Gasteiger partial charge is 0.390 e. The van der Waals surface area contributed by atoms with Gasteiger partial charge in [-0.3, -0.25) is 4.79 Å². The minimum absolute atomic E-state index is 0.0222. The molecule has 0 bridgehead atoms. The molecule has 0 spiro atoms. The van der Waals surface area contributed by atoms with Crippen molar-refractivity contribution >= 4 is 16.8 Å². The smallest absolute Gasteiger partial charge is 0.161 e. The van der Waals surface area contributed by atoms with Gasteiger partial charge in [-0.15, -0.1) is 5.10 Å². The first-order valence-electron chi connectivity index (χ1n) is 14.5. The van der Waals surface area contributed by atoms with Crippen LogP contribution in [0.3, 0.4) is 0 Å². The van der Waals surface area contributed by atoms with Crippen LogP contribution in [0.15, 0.2) is 12.1 Å². The third-order valence-electron chi connectivity index (χ3n) is 10.4. The van der Waals surface area contributed by atoms with Gasteiger partial charge in [-0.05, 0) is 100 Å². The summed E-state index contributed by atoms with van der Waals surface area (Å²) < 4.78 is 34.0. The SMILES string of the molecule is COCCCC[C@@](C)(O)C[C@@H]1CC[C@@H]2[C@H](CC[C@]3(C)[C@@H](C(=O)Cn4nnc5cc(F)c(F)cc54)CC[C@@H]23)C1. The highest BCUT2D eigenvalue weighted by molar-refractivity contribution is 5.84. The number of ether oxygens (including phenoxy) is 1. The van der Waals surface area contributed by atoms with Gasteiger partial charge in [-0.25, -0.2) is 13.5 Å². The highest BCUT2D eigenvalue weighted by Crippen LogP contribution is 2.62. The molecule has 2 aromatic rings. The van der Waals surface area contributed by atoms with Crippen molar-refractivity contribution in [2.24, 2.45) is 35.0 Å². The molecule has 0 saturated heterocycles. The van der Waals surface area contributed by atoms with Gasteiger partial charge in [0.1, 0.15) is 12.1 Å². The lowest BCUT2D eigenvalue weighted by atomic mass is 9.53. The number of hydrogen-bond donors (Lipinski definition) is 1. The van der Waals surface area contributed by atoms with E-state index in [1.807, 2.05) is 6.92 Å². The van der Waals surface area contributed by atoms with E-state index in [2.05, 4.69) is 17.2 Å². The van der Waals surface area contributed by atoms with Gasteiger partial charge in [0.2, 0.25) is 0 Å². The van der Waals surface area contributed by atoms with E-state index in [1.165, 1.54) is 17.5 Å². The molecule has 1 N–H and O–H groups in total. The Bertz CT molecular complexity index is 1150. The molecule has 3 saturated carbocycles. The van der Waals surface area contributed by atoms with Crippen LogP contribution in [0.4, 0.5) is 8.78 Å². The Kier molecular flexibility index (Phi) is 7.94. The van der Waals surface area contributed by atoms with Crippen LogP contribution in [0, 0.1) is 46.6 Å². The highest BCUT2D eigenvalue weighted by atomic mass is 19.2. The van der Waals surface area contributed by atoms with E-state index in [0.29, 0.717) is 29.2 Å². The van der Waals surface area contributed by atoms with Crippen molar-refractivity contribution in [3.63, 3.8) is 0 Å². The van der Waals surface area contributed by atoms with E-state index < -0.39 is 17.2 Å². The molecule has 5 rings (SSSR count). The number of hydrogen-bond acceptors (Lipinski definition) is 5. The minimum atomic E-state index is -0.959. The van der Waals surface area contributed by atoms with E-state index in [-0.39, 0.29) is 29.2 Å².